The normalized spacial score (nSPS) is 15.1. The highest BCUT2D eigenvalue weighted by atomic mass is 16.4. The van der Waals surface area contributed by atoms with Crippen LogP contribution in [0, 0.1) is 0 Å². The monoisotopic (exact) mass is 206 g/mol. The minimum absolute atomic E-state index is 0.343. The Bertz CT molecular complexity index is 402. The number of carboxylic acids is 1. The number of carbonyl (C=O) groups is 1. The van der Waals surface area contributed by atoms with Crippen LogP contribution in [-0.4, -0.2) is 22.1 Å². The van der Waals surface area contributed by atoms with Gasteiger partial charge in [-0.3, -0.25) is 0 Å². The van der Waals surface area contributed by atoms with Gasteiger partial charge in [0.15, 0.2) is 0 Å². The molecule has 0 saturated heterocycles. The third-order valence-corrected chi connectivity index (χ3v) is 2.60. The van der Waals surface area contributed by atoms with Crippen molar-refractivity contribution < 1.29 is 9.90 Å². The van der Waals surface area contributed by atoms with Gasteiger partial charge in [0.25, 0.3) is 0 Å². The van der Waals surface area contributed by atoms with Gasteiger partial charge in [-0.1, -0.05) is 12.1 Å². The number of hydrazine groups is 1. The largest absolute Gasteiger partial charge is 0.478 e. The molecule has 15 heavy (non-hydrogen) atoms. The fourth-order valence-electron chi connectivity index (χ4n) is 1.72. The van der Waals surface area contributed by atoms with Gasteiger partial charge in [0, 0.05) is 12.6 Å². The van der Waals surface area contributed by atoms with Crippen molar-refractivity contribution in [3.05, 3.63) is 29.3 Å². The molecule has 1 aliphatic heterocycles. The first kappa shape index (κ1) is 9.98. The fourth-order valence-corrected chi connectivity index (χ4v) is 1.72. The molecule has 0 radical (unpaired) electrons. The molecule has 0 unspecified atom stereocenters. The summed E-state index contributed by atoms with van der Waals surface area (Å²) in [6, 6.07) is 5.71. The van der Waals surface area contributed by atoms with Gasteiger partial charge in [-0.2, -0.15) is 0 Å². The van der Waals surface area contributed by atoms with Gasteiger partial charge in [-0.25, -0.2) is 9.80 Å². The van der Waals surface area contributed by atoms with Gasteiger partial charge in [-0.05, 0) is 25.5 Å². The van der Waals surface area contributed by atoms with Crippen molar-refractivity contribution >= 4 is 11.7 Å². The molecule has 2 rings (SSSR count). The first-order chi connectivity index (χ1) is 7.09. The van der Waals surface area contributed by atoms with Gasteiger partial charge in [0.1, 0.15) is 0 Å². The Kier molecular flexibility index (Phi) is 2.36. The van der Waals surface area contributed by atoms with Crippen LogP contribution < -0.4 is 5.43 Å². The molecule has 0 aliphatic carbocycles. The SMILES string of the molecule is CC(C)N1Cc2cccc(C(=O)O)c2N1. The number of aromatic carboxylic acids is 1. The van der Waals surface area contributed by atoms with E-state index in [0.717, 1.165) is 17.8 Å². The summed E-state index contributed by atoms with van der Waals surface area (Å²) in [5.74, 6) is -0.884. The van der Waals surface area contributed by atoms with Crippen molar-refractivity contribution in [2.24, 2.45) is 0 Å². The number of hydrogen-bond donors (Lipinski definition) is 2. The predicted molar refractivity (Wildman–Crippen MR) is 57.7 cm³/mol. The Hall–Kier alpha value is -1.55. The Morgan fingerprint density at radius 1 is 1.53 bits per heavy atom. The van der Waals surface area contributed by atoms with Crippen molar-refractivity contribution in [2.75, 3.05) is 5.43 Å². The number of nitrogens with one attached hydrogen (secondary N) is 1. The Labute approximate surface area is 88.5 Å². The van der Waals surface area contributed by atoms with Crippen LogP contribution in [0.15, 0.2) is 18.2 Å². The van der Waals surface area contributed by atoms with Crippen LogP contribution in [0.1, 0.15) is 29.8 Å². The minimum Gasteiger partial charge on any atom is -0.478 e. The number of rotatable bonds is 2. The van der Waals surface area contributed by atoms with Crippen LogP contribution >= 0.6 is 0 Å². The number of hydrogen-bond acceptors (Lipinski definition) is 3. The van der Waals surface area contributed by atoms with Gasteiger partial charge >= 0.3 is 5.97 Å². The van der Waals surface area contributed by atoms with E-state index in [2.05, 4.69) is 19.3 Å². The summed E-state index contributed by atoms with van der Waals surface area (Å²) in [5.41, 5.74) is 5.26. The molecule has 2 N–H and O–H groups in total. The molecule has 1 aliphatic rings. The first-order valence-corrected chi connectivity index (χ1v) is 4.98. The molecule has 0 fully saturated rings. The van der Waals surface area contributed by atoms with E-state index in [0.29, 0.717) is 11.6 Å². The second-order valence-corrected chi connectivity index (χ2v) is 3.98. The van der Waals surface area contributed by atoms with Crippen LogP contribution in [0.25, 0.3) is 0 Å². The average molecular weight is 206 g/mol. The van der Waals surface area contributed by atoms with E-state index in [9.17, 15) is 4.79 Å². The van der Waals surface area contributed by atoms with E-state index < -0.39 is 5.97 Å². The van der Waals surface area contributed by atoms with Crippen molar-refractivity contribution in [2.45, 2.75) is 26.4 Å². The molecule has 0 aromatic heterocycles. The molecular weight excluding hydrogens is 192 g/mol. The maximum atomic E-state index is 11.0. The summed E-state index contributed by atoms with van der Waals surface area (Å²) in [5, 5.41) is 11.0. The van der Waals surface area contributed by atoms with Gasteiger partial charge < -0.3 is 10.5 Å². The smallest absolute Gasteiger partial charge is 0.337 e. The molecule has 0 atom stereocenters. The van der Waals surface area contributed by atoms with Crippen LogP contribution in [0.5, 0.6) is 0 Å². The average Bonchev–Trinajstić information content (AvgIpc) is 2.60. The van der Waals surface area contributed by atoms with Gasteiger partial charge in [-0.15, -0.1) is 0 Å². The Morgan fingerprint density at radius 3 is 2.87 bits per heavy atom. The summed E-state index contributed by atoms with van der Waals surface area (Å²) < 4.78 is 0. The van der Waals surface area contributed by atoms with Crippen LogP contribution in [0.3, 0.4) is 0 Å². The summed E-state index contributed by atoms with van der Waals surface area (Å²) in [7, 11) is 0. The maximum absolute atomic E-state index is 11.0. The summed E-state index contributed by atoms with van der Waals surface area (Å²) in [6.45, 7) is 4.90. The van der Waals surface area contributed by atoms with Crippen molar-refractivity contribution in [1.82, 2.24) is 5.01 Å². The molecule has 0 saturated carbocycles. The zero-order valence-electron chi connectivity index (χ0n) is 8.82. The molecule has 0 spiro atoms. The summed E-state index contributed by atoms with van der Waals surface area (Å²) >= 11 is 0. The molecule has 0 bridgehead atoms. The Balaban J connectivity index is 2.37. The quantitative estimate of drug-likeness (QED) is 0.776. The molecule has 1 aromatic rings. The van der Waals surface area contributed by atoms with E-state index in [1.54, 1.807) is 12.1 Å². The van der Waals surface area contributed by atoms with E-state index in [1.165, 1.54) is 0 Å². The van der Waals surface area contributed by atoms with Crippen LogP contribution in [-0.2, 0) is 6.54 Å². The highest BCUT2D eigenvalue weighted by molar-refractivity contribution is 5.95. The number of nitrogens with zero attached hydrogens (tertiary/aromatic N) is 1. The van der Waals surface area contributed by atoms with E-state index in [-0.39, 0.29) is 0 Å². The number of para-hydroxylation sites is 1. The van der Waals surface area contributed by atoms with E-state index >= 15 is 0 Å². The molecule has 1 aromatic carbocycles. The highest BCUT2D eigenvalue weighted by Crippen LogP contribution is 2.29. The third kappa shape index (κ3) is 1.68. The first-order valence-electron chi connectivity index (χ1n) is 4.98. The second-order valence-electron chi connectivity index (χ2n) is 3.98. The zero-order chi connectivity index (χ0) is 11.0. The molecule has 0 amide bonds. The molecular formula is C11H14N2O2. The number of fused-ring (bicyclic) bond motifs is 1. The number of anilines is 1. The lowest BCUT2D eigenvalue weighted by molar-refractivity contribution is 0.0697. The molecule has 4 nitrogen and oxygen atoms in total. The van der Waals surface area contributed by atoms with Crippen molar-refractivity contribution in [1.29, 1.82) is 0 Å². The van der Waals surface area contributed by atoms with Gasteiger partial charge in [0.2, 0.25) is 0 Å². The van der Waals surface area contributed by atoms with Crippen molar-refractivity contribution in [3.8, 4) is 0 Å². The van der Waals surface area contributed by atoms with Crippen LogP contribution in [0.2, 0.25) is 0 Å². The Morgan fingerprint density at radius 2 is 2.27 bits per heavy atom. The lowest BCUT2D eigenvalue weighted by Gasteiger charge is -2.20. The lowest BCUT2D eigenvalue weighted by Crippen LogP contribution is -2.30. The zero-order valence-corrected chi connectivity index (χ0v) is 8.82. The molecule has 1 heterocycles. The van der Waals surface area contributed by atoms with Gasteiger partial charge in [0.05, 0.1) is 11.3 Å². The maximum Gasteiger partial charge on any atom is 0.337 e. The predicted octanol–water partition coefficient (Wildman–Crippen LogP) is 1.94. The topological polar surface area (TPSA) is 52.6 Å². The third-order valence-electron chi connectivity index (χ3n) is 2.60. The molecule has 80 valence electrons. The standard InChI is InChI=1S/C11H14N2O2/c1-7(2)13-6-8-4-3-5-9(11(14)15)10(8)12-13/h3-5,7,12H,6H2,1-2H3,(H,14,15). The van der Waals surface area contributed by atoms with Crippen LogP contribution in [0.4, 0.5) is 5.69 Å². The van der Waals surface area contributed by atoms with E-state index in [4.69, 9.17) is 5.11 Å². The fraction of sp³-hybridized carbons (Fsp3) is 0.364. The van der Waals surface area contributed by atoms with Crippen molar-refractivity contribution in [3.63, 3.8) is 0 Å². The number of carboxylic acid groups (broad SMARTS) is 1. The second kappa shape index (κ2) is 3.55. The lowest BCUT2D eigenvalue weighted by atomic mass is 10.1. The minimum atomic E-state index is -0.884. The molecule has 4 heteroatoms. The number of benzene rings is 1. The summed E-state index contributed by atoms with van der Waals surface area (Å²) in [4.78, 5) is 11.0. The summed E-state index contributed by atoms with van der Waals surface area (Å²) in [6.07, 6.45) is 0. The van der Waals surface area contributed by atoms with E-state index in [1.807, 2.05) is 11.1 Å². The highest BCUT2D eigenvalue weighted by Gasteiger charge is 2.24.